The van der Waals surface area contributed by atoms with Crippen LogP contribution in [0.5, 0.6) is 0 Å². The number of rotatable bonds is 4. The molecule has 0 atom stereocenters. The average molecular weight is 269 g/mol. The molecule has 0 fully saturated rings. The van der Waals surface area contributed by atoms with Crippen LogP contribution in [0.3, 0.4) is 0 Å². The number of para-hydroxylation sites is 1. The highest BCUT2D eigenvalue weighted by molar-refractivity contribution is 5.78. The van der Waals surface area contributed by atoms with Crippen molar-refractivity contribution >= 4 is 10.9 Å². The van der Waals surface area contributed by atoms with E-state index in [1.54, 1.807) is 12.3 Å². The van der Waals surface area contributed by atoms with Crippen molar-refractivity contribution in [3.63, 3.8) is 0 Å². The first-order chi connectivity index (χ1) is 9.78. The molecule has 0 aliphatic heterocycles. The molecule has 0 aliphatic carbocycles. The molecule has 2 heterocycles. The normalized spacial score (nSPS) is 11.1. The molecule has 20 heavy (non-hydrogen) atoms. The first kappa shape index (κ1) is 12.6. The Labute approximate surface area is 115 Å². The predicted octanol–water partition coefficient (Wildman–Crippen LogP) is 2.39. The summed E-state index contributed by atoms with van der Waals surface area (Å²) in [6.07, 6.45) is 3.53. The highest BCUT2D eigenvalue weighted by Crippen LogP contribution is 2.11. The minimum Gasteiger partial charge on any atom is -0.339 e. The Morgan fingerprint density at radius 1 is 1.25 bits per heavy atom. The maximum atomic E-state index is 11.8. The van der Waals surface area contributed by atoms with Crippen molar-refractivity contribution in [3.05, 3.63) is 58.5 Å². The molecular formula is C15H15N3O2. The van der Waals surface area contributed by atoms with Crippen molar-refractivity contribution in [3.8, 4) is 0 Å². The van der Waals surface area contributed by atoms with Gasteiger partial charge >= 0.3 is 0 Å². The van der Waals surface area contributed by atoms with Gasteiger partial charge in [-0.2, -0.15) is 4.98 Å². The molecule has 3 aromatic rings. The van der Waals surface area contributed by atoms with Gasteiger partial charge in [-0.15, -0.1) is 0 Å². The standard InChI is InChI=1S/C15H15N3O2/c1-2-5-15-16-14(17-20-15)10-18-9-8-13(19)11-6-3-4-7-12(11)18/h3-4,6-9H,2,5,10H2,1H3. The molecule has 1 aromatic carbocycles. The van der Waals surface area contributed by atoms with E-state index in [1.165, 1.54) is 0 Å². The zero-order valence-corrected chi connectivity index (χ0v) is 11.2. The van der Waals surface area contributed by atoms with Gasteiger partial charge in [-0.3, -0.25) is 4.79 Å². The van der Waals surface area contributed by atoms with Gasteiger partial charge in [0.05, 0.1) is 12.1 Å². The highest BCUT2D eigenvalue weighted by atomic mass is 16.5. The lowest BCUT2D eigenvalue weighted by molar-refractivity contribution is 0.371. The largest absolute Gasteiger partial charge is 0.339 e. The Kier molecular flexibility index (Phi) is 3.33. The van der Waals surface area contributed by atoms with Gasteiger partial charge in [0.15, 0.2) is 11.3 Å². The third-order valence-corrected chi connectivity index (χ3v) is 3.17. The molecule has 5 heteroatoms. The van der Waals surface area contributed by atoms with Crippen LogP contribution in [0.25, 0.3) is 10.9 Å². The third kappa shape index (κ3) is 2.34. The molecule has 0 spiro atoms. The van der Waals surface area contributed by atoms with Crippen LogP contribution in [0.2, 0.25) is 0 Å². The Morgan fingerprint density at radius 2 is 2.10 bits per heavy atom. The third-order valence-electron chi connectivity index (χ3n) is 3.17. The molecule has 0 unspecified atom stereocenters. The van der Waals surface area contributed by atoms with E-state index < -0.39 is 0 Å². The fraction of sp³-hybridized carbons (Fsp3) is 0.267. The monoisotopic (exact) mass is 269 g/mol. The smallest absolute Gasteiger partial charge is 0.226 e. The summed E-state index contributed by atoms with van der Waals surface area (Å²) in [7, 11) is 0. The van der Waals surface area contributed by atoms with Crippen LogP contribution in [0, 0.1) is 0 Å². The van der Waals surface area contributed by atoms with Crippen LogP contribution in [-0.4, -0.2) is 14.7 Å². The summed E-state index contributed by atoms with van der Waals surface area (Å²) < 4.78 is 7.13. The van der Waals surface area contributed by atoms with Crippen LogP contribution in [-0.2, 0) is 13.0 Å². The Hall–Kier alpha value is -2.43. The molecule has 0 saturated heterocycles. The Bertz CT molecular complexity index is 789. The topological polar surface area (TPSA) is 60.9 Å². The molecule has 0 aliphatic rings. The minimum atomic E-state index is 0.0247. The maximum Gasteiger partial charge on any atom is 0.226 e. The second kappa shape index (κ2) is 5.28. The lowest BCUT2D eigenvalue weighted by atomic mass is 10.2. The van der Waals surface area contributed by atoms with E-state index in [0.29, 0.717) is 23.6 Å². The molecule has 102 valence electrons. The average Bonchev–Trinajstić information content (AvgIpc) is 2.90. The second-order valence-electron chi connectivity index (χ2n) is 4.68. The van der Waals surface area contributed by atoms with E-state index >= 15 is 0 Å². The van der Waals surface area contributed by atoms with E-state index in [2.05, 4.69) is 17.1 Å². The Morgan fingerprint density at radius 3 is 2.95 bits per heavy atom. The molecule has 0 radical (unpaired) electrons. The van der Waals surface area contributed by atoms with Gasteiger partial charge in [0.2, 0.25) is 5.89 Å². The van der Waals surface area contributed by atoms with Gasteiger partial charge in [0.25, 0.3) is 0 Å². The molecule has 3 rings (SSSR count). The predicted molar refractivity (Wildman–Crippen MR) is 75.6 cm³/mol. The molecule has 2 aromatic heterocycles. The van der Waals surface area contributed by atoms with Gasteiger partial charge in [-0.1, -0.05) is 24.2 Å². The zero-order valence-electron chi connectivity index (χ0n) is 11.2. The molecule has 0 N–H and O–H groups in total. The molecule has 0 amide bonds. The summed E-state index contributed by atoms with van der Waals surface area (Å²) in [5, 5.41) is 4.68. The van der Waals surface area contributed by atoms with E-state index in [4.69, 9.17) is 4.52 Å². The lowest BCUT2D eigenvalue weighted by Gasteiger charge is -2.07. The van der Waals surface area contributed by atoms with Gasteiger partial charge in [0, 0.05) is 24.1 Å². The fourth-order valence-corrected chi connectivity index (χ4v) is 2.22. The van der Waals surface area contributed by atoms with Crippen molar-refractivity contribution in [1.82, 2.24) is 14.7 Å². The first-order valence-corrected chi connectivity index (χ1v) is 6.67. The van der Waals surface area contributed by atoms with Crippen molar-refractivity contribution in [2.45, 2.75) is 26.3 Å². The molecular weight excluding hydrogens is 254 g/mol. The lowest BCUT2D eigenvalue weighted by Crippen LogP contribution is -2.09. The number of hydrogen-bond donors (Lipinski definition) is 0. The first-order valence-electron chi connectivity index (χ1n) is 6.67. The van der Waals surface area contributed by atoms with Crippen LogP contribution >= 0.6 is 0 Å². The van der Waals surface area contributed by atoms with Crippen LogP contribution < -0.4 is 5.43 Å². The van der Waals surface area contributed by atoms with E-state index in [9.17, 15) is 4.79 Å². The SMILES string of the molecule is CCCc1nc(Cn2ccc(=O)c3ccccc32)no1. The number of aryl methyl sites for hydroxylation is 1. The highest BCUT2D eigenvalue weighted by Gasteiger charge is 2.08. The van der Waals surface area contributed by atoms with Gasteiger partial charge in [-0.25, -0.2) is 0 Å². The number of aromatic nitrogens is 3. The number of hydrogen-bond acceptors (Lipinski definition) is 4. The summed E-state index contributed by atoms with van der Waals surface area (Å²) in [4.78, 5) is 16.2. The van der Waals surface area contributed by atoms with Crippen molar-refractivity contribution in [1.29, 1.82) is 0 Å². The van der Waals surface area contributed by atoms with Crippen molar-refractivity contribution in [2.24, 2.45) is 0 Å². The van der Waals surface area contributed by atoms with Gasteiger partial charge < -0.3 is 9.09 Å². The van der Waals surface area contributed by atoms with E-state index in [1.807, 2.05) is 28.8 Å². The quantitative estimate of drug-likeness (QED) is 0.729. The van der Waals surface area contributed by atoms with E-state index in [0.717, 1.165) is 18.4 Å². The summed E-state index contributed by atoms with van der Waals surface area (Å²) >= 11 is 0. The van der Waals surface area contributed by atoms with Gasteiger partial charge in [-0.05, 0) is 18.6 Å². The van der Waals surface area contributed by atoms with Crippen LogP contribution in [0.4, 0.5) is 0 Å². The van der Waals surface area contributed by atoms with Crippen LogP contribution in [0.15, 0.2) is 45.8 Å². The Balaban J connectivity index is 1.98. The molecule has 0 saturated carbocycles. The summed E-state index contributed by atoms with van der Waals surface area (Å²) in [6.45, 7) is 2.56. The second-order valence-corrected chi connectivity index (χ2v) is 4.68. The van der Waals surface area contributed by atoms with Gasteiger partial charge in [0.1, 0.15) is 0 Å². The van der Waals surface area contributed by atoms with Crippen LogP contribution in [0.1, 0.15) is 25.1 Å². The summed E-state index contributed by atoms with van der Waals surface area (Å²) in [5.74, 6) is 1.29. The number of fused-ring (bicyclic) bond motifs is 1. The number of benzene rings is 1. The minimum absolute atomic E-state index is 0.0247. The zero-order chi connectivity index (χ0) is 13.9. The molecule has 5 nitrogen and oxygen atoms in total. The summed E-state index contributed by atoms with van der Waals surface area (Å²) in [6, 6.07) is 9.09. The maximum absolute atomic E-state index is 11.8. The van der Waals surface area contributed by atoms with E-state index in [-0.39, 0.29) is 5.43 Å². The fourth-order valence-electron chi connectivity index (χ4n) is 2.22. The number of pyridine rings is 1. The number of nitrogens with zero attached hydrogens (tertiary/aromatic N) is 3. The summed E-state index contributed by atoms with van der Waals surface area (Å²) in [5.41, 5.74) is 0.901. The van der Waals surface area contributed by atoms with Crippen molar-refractivity contribution in [2.75, 3.05) is 0 Å². The molecule has 0 bridgehead atoms. The van der Waals surface area contributed by atoms with Crippen molar-refractivity contribution < 1.29 is 4.52 Å².